The molecule has 1 atom stereocenters. The first kappa shape index (κ1) is 21.8. The highest BCUT2D eigenvalue weighted by molar-refractivity contribution is 5.68. The fourth-order valence-corrected chi connectivity index (χ4v) is 3.07. The fourth-order valence-electron chi connectivity index (χ4n) is 3.07. The van der Waals surface area contributed by atoms with E-state index in [2.05, 4.69) is 25.3 Å². The van der Waals surface area contributed by atoms with Crippen molar-refractivity contribution in [3.05, 3.63) is 12.3 Å². The number of carbonyl (C=O) groups is 1. The predicted molar refractivity (Wildman–Crippen MR) is 103 cm³/mol. The van der Waals surface area contributed by atoms with Gasteiger partial charge < -0.3 is 19.3 Å². The maximum atomic E-state index is 12.4. The predicted octanol–water partition coefficient (Wildman–Crippen LogP) is 4.43. The van der Waals surface area contributed by atoms with Crippen LogP contribution in [0.1, 0.15) is 67.2 Å². The van der Waals surface area contributed by atoms with E-state index in [1.54, 1.807) is 4.90 Å². The highest BCUT2D eigenvalue weighted by atomic mass is 16.6. The first-order valence-electron chi connectivity index (χ1n) is 9.69. The summed E-state index contributed by atoms with van der Waals surface area (Å²) in [5, 5.41) is 0. The molecule has 1 heterocycles. The highest BCUT2D eigenvalue weighted by Crippen LogP contribution is 2.29. The molecule has 0 aromatic rings. The fraction of sp³-hybridized carbons (Fsp3) is 0.850. The van der Waals surface area contributed by atoms with Crippen molar-refractivity contribution in [2.24, 2.45) is 0 Å². The Labute approximate surface area is 154 Å². The molecule has 0 spiro atoms. The third kappa shape index (κ3) is 6.89. The van der Waals surface area contributed by atoms with Crippen LogP contribution in [0.5, 0.6) is 0 Å². The third-order valence-electron chi connectivity index (χ3n) is 4.44. The molecule has 0 aromatic heterocycles. The van der Waals surface area contributed by atoms with Gasteiger partial charge in [-0.3, -0.25) is 0 Å². The maximum Gasteiger partial charge on any atom is 0.410 e. The van der Waals surface area contributed by atoms with Gasteiger partial charge in [-0.2, -0.15) is 0 Å². The number of hydrogen-bond donors (Lipinski definition) is 0. The zero-order valence-corrected chi connectivity index (χ0v) is 17.2. The summed E-state index contributed by atoms with van der Waals surface area (Å²) in [6, 6.07) is 0. The van der Waals surface area contributed by atoms with Crippen LogP contribution in [0, 0.1) is 0 Å². The molecule has 0 N–H and O–H groups in total. The van der Waals surface area contributed by atoms with Gasteiger partial charge in [-0.25, -0.2) is 4.79 Å². The zero-order chi connectivity index (χ0) is 19.1. The molecule has 1 fully saturated rings. The Kier molecular flexibility index (Phi) is 8.26. The lowest BCUT2D eigenvalue weighted by Crippen LogP contribution is -2.56. The van der Waals surface area contributed by atoms with Crippen LogP contribution in [-0.2, 0) is 9.47 Å². The standard InChI is InChI=1S/C20H38N2O3/c1-8-10-11-13-21(12-9-2)17(3)20(7)16-22(14-15-24-20)18(23)25-19(4,5)6/h3,8-16H2,1-2,4-7H3. The van der Waals surface area contributed by atoms with Crippen LogP contribution >= 0.6 is 0 Å². The molecule has 1 saturated heterocycles. The molecule has 5 heteroatoms. The Hall–Kier alpha value is -1.23. The van der Waals surface area contributed by atoms with E-state index in [1.165, 1.54) is 12.8 Å². The molecule has 0 aromatic carbocycles. The van der Waals surface area contributed by atoms with Crippen LogP contribution in [-0.4, -0.2) is 59.9 Å². The summed E-state index contributed by atoms with van der Waals surface area (Å²) >= 11 is 0. The molecule has 5 nitrogen and oxygen atoms in total. The van der Waals surface area contributed by atoms with Crippen LogP contribution in [0.4, 0.5) is 4.79 Å². The topological polar surface area (TPSA) is 42.0 Å². The van der Waals surface area contributed by atoms with Gasteiger partial charge in [-0.15, -0.1) is 0 Å². The monoisotopic (exact) mass is 354 g/mol. The lowest BCUT2D eigenvalue weighted by atomic mass is 9.98. The van der Waals surface area contributed by atoms with Gasteiger partial charge >= 0.3 is 6.09 Å². The number of hydrogen-bond acceptors (Lipinski definition) is 4. The summed E-state index contributed by atoms with van der Waals surface area (Å²) in [7, 11) is 0. The molecule has 0 bridgehead atoms. The molecule has 1 aliphatic rings. The van der Waals surface area contributed by atoms with Crippen molar-refractivity contribution in [2.75, 3.05) is 32.8 Å². The number of amides is 1. The van der Waals surface area contributed by atoms with Gasteiger partial charge in [0.1, 0.15) is 11.2 Å². The van der Waals surface area contributed by atoms with E-state index in [-0.39, 0.29) is 6.09 Å². The average Bonchev–Trinajstić information content (AvgIpc) is 2.52. The molecule has 25 heavy (non-hydrogen) atoms. The Bertz CT molecular complexity index is 445. The summed E-state index contributed by atoms with van der Waals surface area (Å²) in [4.78, 5) is 16.5. The maximum absolute atomic E-state index is 12.4. The van der Waals surface area contributed by atoms with Crippen LogP contribution in [0.2, 0.25) is 0 Å². The van der Waals surface area contributed by atoms with E-state index >= 15 is 0 Å². The van der Waals surface area contributed by atoms with E-state index in [1.807, 2.05) is 27.7 Å². The Morgan fingerprint density at radius 1 is 1.24 bits per heavy atom. The van der Waals surface area contributed by atoms with Crippen molar-refractivity contribution >= 4 is 6.09 Å². The molecule has 146 valence electrons. The first-order valence-corrected chi connectivity index (χ1v) is 9.69. The second kappa shape index (κ2) is 9.46. The average molecular weight is 355 g/mol. The largest absolute Gasteiger partial charge is 0.444 e. The van der Waals surface area contributed by atoms with E-state index in [0.717, 1.165) is 31.6 Å². The molecule has 0 aliphatic carbocycles. The van der Waals surface area contributed by atoms with Gasteiger partial charge in [0.2, 0.25) is 0 Å². The van der Waals surface area contributed by atoms with Gasteiger partial charge in [-0.05, 0) is 40.5 Å². The van der Waals surface area contributed by atoms with Gasteiger partial charge in [0, 0.05) is 25.3 Å². The van der Waals surface area contributed by atoms with Crippen molar-refractivity contribution in [3.8, 4) is 0 Å². The van der Waals surface area contributed by atoms with E-state index in [9.17, 15) is 4.79 Å². The summed E-state index contributed by atoms with van der Waals surface area (Å²) < 4.78 is 11.6. The van der Waals surface area contributed by atoms with Gasteiger partial charge in [0.25, 0.3) is 0 Å². The highest BCUT2D eigenvalue weighted by Gasteiger charge is 2.39. The van der Waals surface area contributed by atoms with Crippen molar-refractivity contribution < 1.29 is 14.3 Å². The lowest BCUT2D eigenvalue weighted by Gasteiger charge is -2.45. The van der Waals surface area contributed by atoms with E-state index < -0.39 is 11.2 Å². The Morgan fingerprint density at radius 2 is 1.92 bits per heavy atom. The smallest absolute Gasteiger partial charge is 0.410 e. The van der Waals surface area contributed by atoms with Crippen LogP contribution in [0.3, 0.4) is 0 Å². The minimum atomic E-state index is -0.559. The first-order chi connectivity index (χ1) is 11.6. The number of nitrogens with zero attached hydrogens (tertiary/aromatic N) is 2. The number of ether oxygens (including phenoxy) is 2. The second-order valence-electron chi connectivity index (χ2n) is 8.12. The van der Waals surface area contributed by atoms with Gasteiger partial charge in [-0.1, -0.05) is 33.3 Å². The minimum Gasteiger partial charge on any atom is -0.444 e. The number of rotatable bonds is 8. The lowest BCUT2D eigenvalue weighted by molar-refractivity contribution is -0.0889. The number of unbranched alkanes of at least 4 members (excludes halogenated alkanes) is 2. The molecular weight excluding hydrogens is 316 g/mol. The van der Waals surface area contributed by atoms with Crippen LogP contribution in [0.15, 0.2) is 12.3 Å². The Balaban J connectivity index is 2.78. The van der Waals surface area contributed by atoms with Crippen molar-refractivity contribution in [1.29, 1.82) is 0 Å². The Morgan fingerprint density at radius 3 is 2.48 bits per heavy atom. The number of carbonyl (C=O) groups excluding carboxylic acids is 1. The number of morpholine rings is 1. The summed E-state index contributed by atoms with van der Waals surface area (Å²) in [6.07, 6.45) is 4.36. The summed E-state index contributed by atoms with van der Waals surface area (Å²) in [5.74, 6) is 0. The quantitative estimate of drug-likeness (QED) is 0.605. The van der Waals surface area contributed by atoms with Crippen molar-refractivity contribution in [2.45, 2.75) is 78.4 Å². The minimum absolute atomic E-state index is 0.275. The van der Waals surface area contributed by atoms with Crippen LogP contribution in [0.25, 0.3) is 0 Å². The van der Waals surface area contributed by atoms with Gasteiger partial charge in [0.15, 0.2) is 0 Å². The van der Waals surface area contributed by atoms with Crippen molar-refractivity contribution in [3.63, 3.8) is 0 Å². The normalized spacial score (nSPS) is 21.1. The van der Waals surface area contributed by atoms with Gasteiger partial charge in [0.05, 0.1) is 13.2 Å². The molecule has 1 aliphatic heterocycles. The van der Waals surface area contributed by atoms with Crippen molar-refractivity contribution in [1.82, 2.24) is 9.80 Å². The summed E-state index contributed by atoms with van der Waals surface area (Å²) in [5.41, 5.74) is -0.0769. The molecule has 1 rings (SSSR count). The molecule has 0 saturated carbocycles. The molecular formula is C20H38N2O3. The zero-order valence-electron chi connectivity index (χ0n) is 17.2. The summed E-state index contributed by atoms with van der Waals surface area (Å²) in [6.45, 7) is 19.9. The van der Waals surface area contributed by atoms with E-state index in [4.69, 9.17) is 9.47 Å². The van der Waals surface area contributed by atoms with Crippen LogP contribution < -0.4 is 0 Å². The van der Waals surface area contributed by atoms with E-state index in [0.29, 0.717) is 19.7 Å². The second-order valence-corrected chi connectivity index (χ2v) is 8.12. The molecule has 1 unspecified atom stereocenters. The molecule has 1 amide bonds. The SMILES string of the molecule is C=C(N(CCC)CCCCC)C1(C)CN(C(=O)OC(C)(C)C)CCO1. The third-order valence-corrected chi connectivity index (χ3v) is 4.44. The molecule has 0 radical (unpaired) electrons.